The average molecular weight is 325 g/mol. The van der Waals surface area contributed by atoms with E-state index in [0.717, 1.165) is 11.8 Å². The van der Waals surface area contributed by atoms with E-state index in [1.165, 1.54) is 25.5 Å². The van der Waals surface area contributed by atoms with E-state index in [1.54, 1.807) is 6.07 Å². The van der Waals surface area contributed by atoms with Gasteiger partial charge in [0.15, 0.2) is 5.17 Å². The Hall–Kier alpha value is -2.42. The lowest BCUT2D eigenvalue weighted by Crippen LogP contribution is -2.26. The number of halogens is 1. The number of amidine groups is 1. The number of benzene rings is 1. The molecule has 1 saturated heterocycles. The summed E-state index contributed by atoms with van der Waals surface area (Å²) in [5.41, 5.74) is 0.210. The third-order valence-electron chi connectivity index (χ3n) is 2.69. The molecule has 1 aliphatic rings. The van der Waals surface area contributed by atoms with Crippen molar-refractivity contribution in [1.82, 2.24) is 5.32 Å². The number of thioether (sulfide) groups is 1. The first-order valence-corrected chi connectivity index (χ1v) is 7.01. The van der Waals surface area contributed by atoms with Crippen LogP contribution in [0.4, 0.5) is 4.39 Å². The van der Waals surface area contributed by atoms with Crippen molar-refractivity contribution in [3.63, 3.8) is 0 Å². The molecule has 0 bridgehead atoms. The Balaban J connectivity index is 2.03. The summed E-state index contributed by atoms with van der Waals surface area (Å²) in [5.74, 6) is -1.64. The number of methoxy groups -OCH3 is 1. The maximum Gasteiger partial charge on any atom is 0.305 e. The number of hydrogen-bond acceptors (Lipinski definition) is 6. The molecular formula is C13H12FN3O4S. The first-order valence-electron chi connectivity index (χ1n) is 6.13. The molecule has 116 valence electrons. The van der Waals surface area contributed by atoms with Crippen LogP contribution in [0.1, 0.15) is 12.0 Å². The Kier molecular flexibility index (Phi) is 5.10. The van der Waals surface area contributed by atoms with Crippen molar-refractivity contribution < 1.29 is 23.8 Å². The van der Waals surface area contributed by atoms with E-state index < -0.39 is 22.9 Å². The topological polar surface area (TPSA) is 100 Å². The summed E-state index contributed by atoms with van der Waals surface area (Å²) in [6, 6.07) is 4.27. The largest absolute Gasteiger partial charge is 0.497 e. The zero-order valence-electron chi connectivity index (χ0n) is 11.4. The van der Waals surface area contributed by atoms with Crippen molar-refractivity contribution in [1.29, 1.82) is 0 Å². The Bertz CT molecular complexity index is 663. The minimum Gasteiger partial charge on any atom is -0.497 e. The van der Waals surface area contributed by atoms with Crippen LogP contribution in [0.15, 0.2) is 28.4 Å². The van der Waals surface area contributed by atoms with Crippen LogP contribution < -0.4 is 10.1 Å². The summed E-state index contributed by atoms with van der Waals surface area (Å²) in [4.78, 5) is 22.1. The van der Waals surface area contributed by atoms with E-state index in [9.17, 15) is 14.0 Å². The van der Waals surface area contributed by atoms with Gasteiger partial charge in [-0.2, -0.15) is 5.10 Å². The highest BCUT2D eigenvalue weighted by atomic mass is 32.2. The first-order chi connectivity index (χ1) is 10.5. The normalized spacial score (nSPS) is 19.6. The fraction of sp³-hybridized carbons (Fsp3) is 0.231. The molecule has 7 nitrogen and oxygen atoms in total. The van der Waals surface area contributed by atoms with E-state index in [1.807, 2.05) is 0 Å². The molecule has 1 amide bonds. The molecule has 9 heteroatoms. The monoisotopic (exact) mass is 325 g/mol. The van der Waals surface area contributed by atoms with Gasteiger partial charge < -0.3 is 15.2 Å². The molecule has 1 atom stereocenters. The lowest BCUT2D eigenvalue weighted by atomic mass is 10.2. The van der Waals surface area contributed by atoms with Gasteiger partial charge in [-0.25, -0.2) is 4.39 Å². The number of amides is 1. The minimum absolute atomic E-state index is 0.182. The maximum absolute atomic E-state index is 13.6. The number of carboxylic acid groups (broad SMARTS) is 1. The van der Waals surface area contributed by atoms with Crippen molar-refractivity contribution in [2.45, 2.75) is 11.7 Å². The SMILES string of the molecule is COc1ccc(C=NN=C2NC(=O)C(CC(=O)O)S2)c(F)c1. The van der Waals surface area contributed by atoms with Crippen molar-refractivity contribution in [3.8, 4) is 5.75 Å². The van der Waals surface area contributed by atoms with Crippen molar-refractivity contribution in [2.75, 3.05) is 7.11 Å². The predicted molar refractivity (Wildman–Crippen MR) is 79.8 cm³/mol. The van der Waals surface area contributed by atoms with Gasteiger partial charge in [0, 0.05) is 11.6 Å². The van der Waals surface area contributed by atoms with Crippen LogP contribution in [0.5, 0.6) is 5.75 Å². The molecule has 0 aliphatic carbocycles. The minimum atomic E-state index is -1.07. The highest BCUT2D eigenvalue weighted by Gasteiger charge is 2.32. The quantitative estimate of drug-likeness (QED) is 0.626. The molecule has 1 aromatic rings. The third-order valence-corrected chi connectivity index (χ3v) is 3.76. The van der Waals surface area contributed by atoms with Crippen LogP contribution in [-0.4, -0.2) is 40.7 Å². The van der Waals surface area contributed by atoms with Gasteiger partial charge in [0.1, 0.15) is 16.8 Å². The number of aliphatic carboxylic acids is 1. The smallest absolute Gasteiger partial charge is 0.305 e. The molecular weight excluding hydrogens is 313 g/mol. The molecule has 0 aromatic heterocycles. The van der Waals surface area contributed by atoms with Crippen LogP contribution in [-0.2, 0) is 9.59 Å². The van der Waals surface area contributed by atoms with Crippen LogP contribution in [0.3, 0.4) is 0 Å². The van der Waals surface area contributed by atoms with Gasteiger partial charge in [0.05, 0.1) is 19.7 Å². The Morgan fingerprint density at radius 3 is 3.00 bits per heavy atom. The molecule has 1 unspecified atom stereocenters. The highest BCUT2D eigenvalue weighted by Crippen LogP contribution is 2.22. The molecule has 1 aromatic carbocycles. The van der Waals surface area contributed by atoms with Gasteiger partial charge >= 0.3 is 5.97 Å². The summed E-state index contributed by atoms with van der Waals surface area (Å²) in [7, 11) is 1.43. The maximum atomic E-state index is 13.6. The van der Waals surface area contributed by atoms with Gasteiger partial charge in [-0.1, -0.05) is 11.8 Å². The highest BCUT2D eigenvalue weighted by molar-refractivity contribution is 8.15. The molecule has 0 spiro atoms. The molecule has 0 radical (unpaired) electrons. The zero-order valence-corrected chi connectivity index (χ0v) is 12.3. The number of carboxylic acids is 1. The second kappa shape index (κ2) is 7.03. The fourth-order valence-electron chi connectivity index (χ4n) is 1.63. The summed E-state index contributed by atoms with van der Waals surface area (Å²) in [5, 5.41) is 17.9. The van der Waals surface area contributed by atoms with Crippen LogP contribution in [0.25, 0.3) is 0 Å². The molecule has 2 rings (SSSR count). The van der Waals surface area contributed by atoms with Crippen LogP contribution in [0.2, 0.25) is 0 Å². The van der Waals surface area contributed by atoms with E-state index in [4.69, 9.17) is 9.84 Å². The average Bonchev–Trinajstić information content (AvgIpc) is 2.80. The summed E-state index contributed by atoms with van der Waals surface area (Å²) < 4.78 is 18.5. The zero-order chi connectivity index (χ0) is 16.1. The van der Waals surface area contributed by atoms with Gasteiger partial charge in [-0.05, 0) is 12.1 Å². The number of nitrogens with one attached hydrogen (secondary N) is 1. The van der Waals surface area contributed by atoms with Gasteiger partial charge in [-0.3, -0.25) is 9.59 Å². The van der Waals surface area contributed by atoms with Crippen molar-refractivity contribution >= 4 is 35.0 Å². The lowest BCUT2D eigenvalue weighted by molar-refractivity contribution is -0.138. The van der Waals surface area contributed by atoms with E-state index in [-0.39, 0.29) is 17.2 Å². The lowest BCUT2D eigenvalue weighted by Gasteiger charge is -2.00. The van der Waals surface area contributed by atoms with Crippen molar-refractivity contribution in [3.05, 3.63) is 29.6 Å². The molecule has 0 saturated carbocycles. The van der Waals surface area contributed by atoms with E-state index >= 15 is 0 Å². The Morgan fingerprint density at radius 2 is 2.36 bits per heavy atom. The number of carbonyl (C=O) groups excluding carboxylic acids is 1. The summed E-state index contributed by atoms with van der Waals surface area (Å²) in [6.07, 6.45) is 0.894. The number of carbonyl (C=O) groups is 2. The summed E-state index contributed by atoms with van der Waals surface area (Å²) in [6.45, 7) is 0. The second-order valence-corrected chi connectivity index (χ2v) is 5.42. The Morgan fingerprint density at radius 1 is 1.59 bits per heavy atom. The molecule has 1 heterocycles. The van der Waals surface area contributed by atoms with Gasteiger partial charge in [-0.15, -0.1) is 5.10 Å². The number of rotatable bonds is 5. The number of nitrogens with zero attached hydrogens (tertiary/aromatic N) is 2. The van der Waals surface area contributed by atoms with Gasteiger partial charge in [0.25, 0.3) is 0 Å². The first kappa shape index (κ1) is 16.0. The number of hydrogen-bond donors (Lipinski definition) is 2. The standard InChI is InChI=1S/C13H12FN3O4S/c1-21-8-3-2-7(9(14)4-8)6-15-17-13-16-12(20)10(22-13)5-11(18)19/h2-4,6,10H,5H2,1H3,(H,18,19)(H,16,17,20). The van der Waals surface area contributed by atoms with Crippen LogP contribution in [0, 0.1) is 5.82 Å². The number of ether oxygens (including phenoxy) is 1. The molecule has 1 aliphatic heterocycles. The van der Waals surface area contributed by atoms with E-state index in [2.05, 4.69) is 15.5 Å². The Labute approximate surface area is 129 Å². The second-order valence-electron chi connectivity index (χ2n) is 4.23. The summed E-state index contributed by atoms with van der Waals surface area (Å²) >= 11 is 0.974. The third kappa shape index (κ3) is 4.04. The molecule has 1 fully saturated rings. The predicted octanol–water partition coefficient (Wildman–Crippen LogP) is 1.23. The van der Waals surface area contributed by atoms with Crippen molar-refractivity contribution in [2.24, 2.45) is 10.2 Å². The molecule has 22 heavy (non-hydrogen) atoms. The molecule has 2 N–H and O–H groups in total. The fourth-order valence-corrected chi connectivity index (χ4v) is 2.54. The van der Waals surface area contributed by atoms with Gasteiger partial charge in [0.2, 0.25) is 5.91 Å². The van der Waals surface area contributed by atoms with E-state index in [0.29, 0.717) is 5.75 Å². The van der Waals surface area contributed by atoms with Crippen LogP contribution >= 0.6 is 11.8 Å².